The second-order valence-electron chi connectivity index (χ2n) is 4.71. The largest absolute Gasteiger partial charge is 0.490 e. The standard InChI is InChI=1S/C14H19F2NO/c15-11-4-7-13(16)14(10-11)18-9-3-1-2-8-17-12-5-6-12/h4,7,10,12,17H,1-3,5-6,8-9H2. The van der Waals surface area contributed by atoms with Crippen LogP contribution >= 0.6 is 0 Å². The van der Waals surface area contributed by atoms with Gasteiger partial charge in [0.25, 0.3) is 0 Å². The second kappa shape index (κ2) is 6.69. The molecule has 0 radical (unpaired) electrons. The van der Waals surface area contributed by atoms with Gasteiger partial charge in [-0.2, -0.15) is 0 Å². The molecule has 0 unspecified atom stereocenters. The molecule has 100 valence electrons. The van der Waals surface area contributed by atoms with E-state index in [2.05, 4.69) is 5.32 Å². The lowest BCUT2D eigenvalue weighted by Gasteiger charge is -2.07. The van der Waals surface area contributed by atoms with Gasteiger partial charge in [-0.25, -0.2) is 8.78 Å². The van der Waals surface area contributed by atoms with Crippen LogP contribution in [0.15, 0.2) is 18.2 Å². The number of benzene rings is 1. The Hall–Kier alpha value is -1.16. The van der Waals surface area contributed by atoms with Crippen LogP contribution in [0.1, 0.15) is 32.1 Å². The van der Waals surface area contributed by atoms with E-state index in [4.69, 9.17) is 4.74 Å². The zero-order chi connectivity index (χ0) is 12.8. The molecule has 1 saturated carbocycles. The zero-order valence-corrected chi connectivity index (χ0v) is 10.4. The molecule has 0 heterocycles. The lowest BCUT2D eigenvalue weighted by Crippen LogP contribution is -2.17. The number of ether oxygens (including phenoxy) is 1. The Bertz CT molecular complexity index is 380. The van der Waals surface area contributed by atoms with Gasteiger partial charge in [-0.3, -0.25) is 0 Å². The Morgan fingerprint density at radius 1 is 1.17 bits per heavy atom. The van der Waals surface area contributed by atoms with Crippen molar-refractivity contribution in [2.45, 2.75) is 38.1 Å². The third kappa shape index (κ3) is 4.61. The van der Waals surface area contributed by atoms with Crippen LogP contribution in [0.4, 0.5) is 8.78 Å². The quantitative estimate of drug-likeness (QED) is 0.720. The molecule has 0 spiro atoms. The Balaban J connectivity index is 1.55. The van der Waals surface area contributed by atoms with Gasteiger partial charge < -0.3 is 10.1 Å². The van der Waals surface area contributed by atoms with Crippen LogP contribution in [0.5, 0.6) is 5.75 Å². The van der Waals surface area contributed by atoms with Crippen molar-refractivity contribution >= 4 is 0 Å². The summed E-state index contributed by atoms with van der Waals surface area (Å²) in [6.07, 6.45) is 5.62. The molecule has 4 heteroatoms. The highest BCUT2D eigenvalue weighted by Crippen LogP contribution is 2.19. The summed E-state index contributed by atoms with van der Waals surface area (Å²) in [6.45, 7) is 1.47. The molecule has 0 aromatic heterocycles. The van der Waals surface area contributed by atoms with Gasteiger partial charge in [0, 0.05) is 12.1 Å². The van der Waals surface area contributed by atoms with Crippen molar-refractivity contribution in [3.05, 3.63) is 29.8 Å². The molecule has 1 aromatic carbocycles. The van der Waals surface area contributed by atoms with Gasteiger partial charge in [0.1, 0.15) is 5.82 Å². The predicted molar refractivity (Wildman–Crippen MR) is 66.7 cm³/mol. The molecule has 1 aliphatic carbocycles. The highest BCUT2D eigenvalue weighted by molar-refractivity contribution is 5.24. The summed E-state index contributed by atoms with van der Waals surface area (Å²) in [5, 5.41) is 3.43. The van der Waals surface area contributed by atoms with E-state index in [1.165, 1.54) is 12.8 Å². The predicted octanol–water partition coefficient (Wildman–Crippen LogP) is 3.27. The van der Waals surface area contributed by atoms with Crippen LogP contribution in [-0.2, 0) is 0 Å². The fraction of sp³-hybridized carbons (Fsp3) is 0.571. The van der Waals surface area contributed by atoms with E-state index in [9.17, 15) is 8.78 Å². The lowest BCUT2D eigenvalue weighted by molar-refractivity contribution is 0.288. The third-order valence-corrected chi connectivity index (χ3v) is 2.98. The van der Waals surface area contributed by atoms with Gasteiger partial charge in [0.2, 0.25) is 0 Å². The van der Waals surface area contributed by atoms with Gasteiger partial charge in [-0.05, 0) is 50.8 Å². The molecule has 0 saturated heterocycles. The maximum absolute atomic E-state index is 13.2. The molecule has 1 fully saturated rings. The number of hydrogen-bond acceptors (Lipinski definition) is 2. The second-order valence-corrected chi connectivity index (χ2v) is 4.71. The van der Waals surface area contributed by atoms with Crippen LogP contribution in [0.2, 0.25) is 0 Å². The van der Waals surface area contributed by atoms with Crippen LogP contribution in [0, 0.1) is 11.6 Å². The first-order valence-corrected chi connectivity index (χ1v) is 6.57. The summed E-state index contributed by atoms with van der Waals surface area (Å²) in [5.41, 5.74) is 0. The minimum atomic E-state index is -0.508. The first kappa shape index (κ1) is 13.3. The monoisotopic (exact) mass is 255 g/mol. The molecule has 0 amide bonds. The van der Waals surface area contributed by atoms with Crippen LogP contribution in [-0.4, -0.2) is 19.2 Å². The van der Waals surface area contributed by atoms with Crippen molar-refractivity contribution in [1.82, 2.24) is 5.32 Å². The van der Waals surface area contributed by atoms with Crippen LogP contribution < -0.4 is 10.1 Å². The first-order valence-electron chi connectivity index (χ1n) is 6.57. The minimum Gasteiger partial charge on any atom is -0.490 e. The molecule has 18 heavy (non-hydrogen) atoms. The Morgan fingerprint density at radius 3 is 2.78 bits per heavy atom. The summed E-state index contributed by atoms with van der Waals surface area (Å²) in [5.74, 6) is -0.974. The number of unbranched alkanes of at least 4 members (excludes halogenated alkanes) is 2. The number of rotatable bonds is 8. The average Bonchev–Trinajstić information content (AvgIpc) is 3.16. The normalized spacial score (nSPS) is 14.8. The Labute approximate surface area is 106 Å². The fourth-order valence-electron chi connectivity index (χ4n) is 1.77. The van der Waals surface area contributed by atoms with E-state index in [-0.39, 0.29) is 5.75 Å². The molecule has 1 aromatic rings. The van der Waals surface area contributed by atoms with E-state index >= 15 is 0 Å². The van der Waals surface area contributed by atoms with Crippen molar-refractivity contribution in [2.75, 3.05) is 13.2 Å². The number of nitrogens with one attached hydrogen (secondary N) is 1. The summed E-state index contributed by atoms with van der Waals surface area (Å²) in [7, 11) is 0. The average molecular weight is 255 g/mol. The highest BCUT2D eigenvalue weighted by Gasteiger charge is 2.19. The maximum Gasteiger partial charge on any atom is 0.165 e. The van der Waals surface area contributed by atoms with Gasteiger partial charge in [0.15, 0.2) is 11.6 Å². The molecule has 0 bridgehead atoms. The molecule has 2 rings (SSSR count). The fourth-order valence-corrected chi connectivity index (χ4v) is 1.77. The molecule has 0 atom stereocenters. The Kier molecular flexibility index (Phi) is 4.93. The van der Waals surface area contributed by atoms with E-state index in [0.29, 0.717) is 6.61 Å². The van der Waals surface area contributed by atoms with Crippen molar-refractivity contribution in [2.24, 2.45) is 0 Å². The van der Waals surface area contributed by atoms with E-state index in [1.54, 1.807) is 0 Å². The van der Waals surface area contributed by atoms with Gasteiger partial charge in [0.05, 0.1) is 6.61 Å². The maximum atomic E-state index is 13.2. The molecule has 1 aliphatic rings. The van der Waals surface area contributed by atoms with Gasteiger partial charge in [-0.15, -0.1) is 0 Å². The third-order valence-electron chi connectivity index (χ3n) is 2.98. The smallest absolute Gasteiger partial charge is 0.165 e. The molecule has 1 N–H and O–H groups in total. The van der Waals surface area contributed by atoms with Crippen molar-refractivity contribution < 1.29 is 13.5 Å². The van der Waals surface area contributed by atoms with Crippen molar-refractivity contribution in [1.29, 1.82) is 0 Å². The highest BCUT2D eigenvalue weighted by atomic mass is 19.1. The molecular weight excluding hydrogens is 236 g/mol. The molecule has 0 aliphatic heterocycles. The van der Waals surface area contributed by atoms with E-state index in [1.807, 2.05) is 0 Å². The minimum absolute atomic E-state index is 0.00565. The van der Waals surface area contributed by atoms with Gasteiger partial charge in [-0.1, -0.05) is 0 Å². The zero-order valence-electron chi connectivity index (χ0n) is 10.4. The molecule has 2 nitrogen and oxygen atoms in total. The summed E-state index contributed by atoms with van der Waals surface area (Å²) >= 11 is 0. The SMILES string of the molecule is Fc1ccc(F)c(OCCCCCNC2CC2)c1. The van der Waals surface area contributed by atoms with E-state index < -0.39 is 11.6 Å². The molecular formula is C14H19F2NO. The summed E-state index contributed by atoms with van der Waals surface area (Å²) in [4.78, 5) is 0. The Morgan fingerprint density at radius 2 is 2.00 bits per heavy atom. The topological polar surface area (TPSA) is 21.3 Å². The van der Waals surface area contributed by atoms with Crippen molar-refractivity contribution in [3.63, 3.8) is 0 Å². The van der Waals surface area contributed by atoms with Gasteiger partial charge >= 0.3 is 0 Å². The lowest BCUT2D eigenvalue weighted by atomic mass is 10.2. The van der Waals surface area contributed by atoms with Crippen molar-refractivity contribution in [3.8, 4) is 5.75 Å². The summed E-state index contributed by atoms with van der Waals surface area (Å²) < 4.78 is 31.3. The summed E-state index contributed by atoms with van der Waals surface area (Å²) in [6, 6.07) is 4.02. The first-order chi connectivity index (χ1) is 8.75. The van der Waals surface area contributed by atoms with Crippen LogP contribution in [0.3, 0.4) is 0 Å². The van der Waals surface area contributed by atoms with Crippen LogP contribution in [0.25, 0.3) is 0 Å². The number of halogens is 2. The number of hydrogen-bond donors (Lipinski definition) is 1. The van der Waals surface area contributed by atoms with E-state index in [0.717, 1.165) is 50.0 Å².